The van der Waals surface area contributed by atoms with Gasteiger partial charge in [0.15, 0.2) is 0 Å². The van der Waals surface area contributed by atoms with Crippen LogP contribution in [0.4, 0.5) is 0 Å². The fourth-order valence-electron chi connectivity index (χ4n) is 6.29. The maximum Gasteiger partial charge on any atom is 0.247 e. The molecule has 2 aliphatic carbocycles. The van der Waals surface area contributed by atoms with Gasteiger partial charge in [-0.1, -0.05) is 33.8 Å². The summed E-state index contributed by atoms with van der Waals surface area (Å²) in [7, 11) is 0. The second-order valence-electron chi connectivity index (χ2n) is 8.24. The molecule has 2 heterocycles. The summed E-state index contributed by atoms with van der Waals surface area (Å²) in [4.78, 5) is 14.2. The quantitative estimate of drug-likeness (QED) is 0.638. The van der Waals surface area contributed by atoms with E-state index in [0.29, 0.717) is 11.3 Å². The first-order valence-electron chi connectivity index (χ1n) is 9.47. The molecule has 1 saturated heterocycles. The van der Waals surface area contributed by atoms with Crippen molar-refractivity contribution in [1.29, 1.82) is 0 Å². The van der Waals surface area contributed by atoms with Crippen molar-refractivity contribution in [2.45, 2.75) is 72.3 Å². The summed E-state index contributed by atoms with van der Waals surface area (Å²) in [6, 6.07) is 0. The van der Waals surface area contributed by atoms with Gasteiger partial charge in [0.2, 0.25) is 5.91 Å². The molecule has 0 aromatic heterocycles. The molecule has 0 radical (unpaired) electrons. The van der Waals surface area contributed by atoms with E-state index in [-0.39, 0.29) is 11.4 Å². The first-order valence-corrected chi connectivity index (χ1v) is 9.47. The molecule has 2 aliphatic heterocycles. The van der Waals surface area contributed by atoms with Crippen molar-refractivity contribution >= 4 is 5.91 Å². The van der Waals surface area contributed by atoms with Gasteiger partial charge >= 0.3 is 0 Å². The van der Waals surface area contributed by atoms with Crippen molar-refractivity contribution < 1.29 is 4.79 Å². The van der Waals surface area contributed by atoms with Crippen molar-refractivity contribution in [2.24, 2.45) is 29.1 Å². The lowest BCUT2D eigenvalue weighted by molar-refractivity contribution is -0.139. The highest BCUT2D eigenvalue weighted by atomic mass is 16.2. The van der Waals surface area contributed by atoms with E-state index in [1.54, 1.807) is 0 Å². The van der Waals surface area contributed by atoms with Gasteiger partial charge < -0.3 is 4.90 Å². The average Bonchev–Trinajstić information content (AvgIpc) is 2.99. The molecule has 2 saturated carbocycles. The van der Waals surface area contributed by atoms with Crippen molar-refractivity contribution in [3.63, 3.8) is 0 Å². The van der Waals surface area contributed by atoms with E-state index in [4.69, 9.17) is 0 Å². The summed E-state index contributed by atoms with van der Waals surface area (Å²) in [5, 5.41) is 0. The highest BCUT2D eigenvalue weighted by Gasteiger charge is 2.59. The fourth-order valence-corrected chi connectivity index (χ4v) is 6.29. The average molecular weight is 303 g/mol. The lowest BCUT2D eigenvalue weighted by Gasteiger charge is -2.57. The van der Waals surface area contributed by atoms with Crippen LogP contribution in [0.5, 0.6) is 0 Å². The van der Waals surface area contributed by atoms with Crippen LogP contribution in [0.1, 0.15) is 66.7 Å². The number of rotatable bonds is 0. The summed E-state index contributed by atoms with van der Waals surface area (Å²) in [6.45, 7) is 12.3. The van der Waals surface area contributed by atoms with E-state index in [1.165, 1.54) is 32.1 Å². The van der Waals surface area contributed by atoms with Crippen LogP contribution in [-0.2, 0) is 4.79 Å². The van der Waals surface area contributed by atoms with Gasteiger partial charge in [-0.15, -0.1) is 0 Å². The number of nitrogens with zero attached hydrogens (tertiary/aromatic N) is 1. The van der Waals surface area contributed by atoms with E-state index in [1.807, 2.05) is 19.9 Å². The highest BCUT2D eigenvalue weighted by Crippen LogP contribution is 2.63. The molecular formula is C20H33NO. The Morgan fingerprint density at radius 1 is 1.09 bits per heavy atom. The topological polar surface area (TPSA) is 20.3 Å². The van der Waals surface area contributed by atoms with E-state index in [9.17, 15) is 4.79 Å². The second kappa shape index (κ2) is 5.39. The molecule has 6 atom stereocenters. The van der Waals surface area contributed by atoms with Crippen LogP contribution < -0.4 is 0 Å². The molecule has 0 spiro atoms. The van der Waals surface area contributed by atoms with Gasteiger partial charge in [0.05, 0.1) is 5.54 Å². The fraction of sp³-hybridized carbons (Fsp3) is 0.850. The Morgan fingerprint density at radius 3 is 2.55 bits per heavy atom. The SMILES string of the molecule is CC.CC1CCC2C3CCN4C(=O)C=CC4(C)C3CCC12C. The summed E-state index contributed by atoms with van der Waals surface area (Å²) in [6.07, 6.45) is 10.8. The van der Waals surface area contributed by atoms with Crippen molar-refractivity contribution in [1.82, 2.24) is 4.90 Å². The standard InChI is InChI=1S/C18H27NO.C2H6/c1-12-4-5-14-13-8-11-19-16(20)7-10-18(19,3)15(13)6-9-17(12,14)2;1-2/h7,10,12-15H,4-6,8-9,11H2,1-3H3;1-2H3. The lowest BCUT2D eigenvalue weighted by atomic mass is 9.53. The largest absolute Gasteiger partial charge is 0.330 e. The number of hydrogen-bond acceptors (Lipinski definition) is 1. The molecule has 0 bridgehead atoms. The zero-order valence-electron chi connectivity index (χ0n) is 15.1. The van der Waals surface area contributed by atoms with E-state index >= 15 is 0 Å². The lowest BCUT2D eigenvalue weighted by Crippen LogP contribution is -2.60. The number of fused-ring (bicyclic) bond motifs is 5. The van der Waals surface area contributed by atoms with Crippen LogP contribution in [-0.4, -0.2) is 22.9 Å². The minimum atomic E-state index is 0.0210. The number of carbonyl (C=O) groups is 1. The molecule has 2 heteroatoms. The maximum atomic E-state index is 12.1. The molecule has 2 nitrogen and oxygen atoms in total. The highest BCUT2D eigenvalue weighted by molar-refractivity contribution is 5.91. The molecule has 0 aromatic rings. The Balaban J connectivity index is 0.000000693. The van der Waals surface area contributed by atoms with Crippen LogP contribution in [0.15, 0.2) is 12.2 Å². The van der Waals surface area contributed by atoms with Crippen LogP contribution in [0.25, 0.3) is 0 Å². The third-order valence-corrected chi connectivity index (χ3v) is 7.76. The first-order chi connectivity index (χ1) is 10.5. The molecule has 3 fully saturated rings. The second-order valence-corrected chi connectivity index (χ2v) is 8.24. The molecular weight excluding hydrogens is 270 g/mol. The molecule has 1 amide bonds. The normalized spacial score (nSPS) is 49.1. The Hall–Kier alpha value is -0.790. The summed E-state index contributed by atoms with van der Waals surface area (Å²) >= 11 is 0. The zero-order chi connectivity index (χ0) is 16.1. The van der Waals surface area contributed by atoms with Crippen molar-refractivity contribution in [2.75, 3.05) is 6.54 Å². The third-order valence-electron chi connectivity index (χ3n) is 7.76. The van der Waals surface area contributed by atoms with E-state index < -0.39 is 0 Å². The molecule has 0 aromatic carbocycles. The molecule has 0 N–H and O–H groups in total. The van der Waals surface area contributed by atoms with Gasteiger partial charge in [-0.3, -0.25) is 4.79 Å². The molecule has 6 unspecified atom stereocenters. The Kier molecular flexibility index (Phi) is 3.94. The van der Waals surface area contributed by atoms with E-state index in [2.05, 4.69) is 31.7 Å². The minimum absolute atomic E-state index is 0.0210. The number of carbonyl (C=O) groups excluding carboxylic acids is 1. The monoisotopic (exact) mass is 303 g/mol. The van der Waals surface area contributed by atoms with Crippen LogP contribution >= 0.6 is 0 Å². The van der Waals surface area contributed by atoms with Gasteiger partial charge in [0.25, 0.3) is 0 Å². The van der Waals surface area contributed by atoms with Gasteiger partial charge in [0.1, 0.15) is 0 Å². The van der Waals surface area contributed by atoms with Crippen LogP contribution in [0, 0.1) is 29.1 Å². The number of amides is 1. The molecule has 124 valence electrons. The van der Waals surface area contributed by atoms with Gasteiger partial charge in [-0.2, -0.15) is 0 Å². The number of piperidine rings is 1. The van der Waals surface area contributed by atoms with Crippen molar-refractivity contribution in [3.05, 3.63) is 12.2 Å². The zero-order valence-corrected chi connectivity index (χ0v) is 15.1. The third kappa shape index (κ3) is 1.95. The number of hydrogen-bond donors (Lipinski definition) is 0. The van der Waals surface area contributed by atoms with Crippen LogP contribution in [0.2, 0.25) is 0 Å². The predicted octanol–water partition coefficient (Wildman–Crippen LogP) is 4.65. The summed E-state index contributed by atoms with van der Waals surface area (Å²) < 4.78 is 0. The van der Waals surface area contributed by atoms with Gasteiger partial charge in [-0.05, 0) is 68.1 Å². The van der Waals surface area contributed by atoms with Gasteiger partial charge in [0, 0.05) is 12.6 Å². The summed E-state index contributed by atoms with van der Waals surface area (Å²) in [5.41, 5.74) is 0.596. The smallest absolute Gasteiger partial charge is 0.247 e. The summed E-state index contributed by atoms with van der Waals surface area (Å²) in [5.74, 6) is 3.58. The molecule has 4 rings (SSSR count). The first kappa shape index (κ1) is 16.1. The van der Waals surface area contributed by atoms with E-state index in [0.717, 1.165) is 24.3 Å². The Labute approximate surface area is 136 Å². The minimum Gasteiger partial charge on any atom is -0.330 e. The van der Waals surface area contributed by atoms with Gasteiger partial charge in [-0.25, -0.2) is 0 Å². The molecule has 4 aliphatic rings. The maximum absolute atomic E-state index is 12.1. The molecule has 22 heavy (non-hydrogen) atoms. The van der Waals surface area contributed by atoms with Crippen molar-refractivity contribution in [3.8, 4) is 0 Å². The van der Waals surface area contributed by atoms with Crippen LogP contribution in [0.3, 0.4) is 0 Å². The predicted molar refractivity (Wildman–Crippen MR) is 91.4 cm³/mol. The Bertz CT molecular complexity index is 484. The Morgan fingerprint density at radius 2 is 1.82 bits per heavy atom.